The number of ether oxygens (including phenoxy) is 2. The second-order valence-electron chi connectivity index (χ2n) is 7.33. The number of nitrogens with one attached hydrogen (secondary N) is 1. The number of morpholine rings is 1. The standard InChI is InChI=1S/C19H29N3O7/c23-12-14-15(24)16(25)18(29-14)22-11-13(17(26)20-19(22)27)5-3-1-2-4-6-21-7-9-28-10-8-21/h2,4,11,14-16,18,23-25H,1,3,5-10,12H2,(H,20,26,27)/b4-2+/t14-,15-,16-,18-/m1/s1. The van der Waals surface area contributed by atoms with Gasteiger partial charge in [0.25, 0.3) is 5.56 Å². The molecule has 162 valence electrons. The number of aromatic nitrogens is 2. The lowest BCUT2D eigenvalue weighted by molar-refractivity contribution is -0.0551. The predicted molar refractivity (Wildman–Crippen MR) is 104 cm³/mol. The van der Waals surface area contributed by atoms with E-state index in [1.54, 1.807) is 0 Å². The molecule has 0 amide bonds. The Kier molecular flexibility index (Phi) is 7.76. The molecular formula is C19H29N3O7. The van der Waals surface area contributed by atoms with Gasteiger partial charge in [0.15, 0.2) is 6.23 Å². The van der Waals surface area contributed by atoms with E-state index in [1.165, 1.54) is 6.20 Å². The molecule has 0 aliphatic carbocycles. The molecule has 0 aromatic carbocycles. The van der Waals surface area contributed by atoms with Crippen molar-refractivity contribution in [2.75, 3.05) is 39.5 Å². The molecule has 3 rings (SSSR count). The minimum absolute atomic E-state index is 0.393. The van der Waals surface area contributed by atoms with Crippen LogP contribution in [0.25, 0.3) is 0 Å². The number of aryl methyl sites for hydroxylation is 1. The van der Waals surface area contributed by atoms with Crippen molar-refractivity contribution in [3.8, 4) is 0 Å². The Morgan fingerprint density at radius 1 is 1.17 bits per heavy atom. The highest BCUT2D eigenvalue weighted by molar-refractivity contribution is 5.06. The molecule has 1 aromatic heterocycles. The van der Waals surface area contributed by atoms with Crippen LogP contribution in [0.1, 0.15) is 24.6 Å². The number of H-pyrrole nitrogens is 1. The third-order valence-corrected chi connectivity index (χ3v) is 5.28. The van der Waals surface area contributed by atoms with E-state index in [9.17, 15) is 24.9 Å². The minimum atomic E-state index is -1.38. The summed E-state index contributed by atoms with van der Waals surface area (Å²) in [7, 11) is 0. The molecule has 0 bridgehead atoms. The van der Waals surface area contributed by atoms with Crippen molar-refractivity contribution in [3.63, 3.8) is 0 Å². The molecule has 2 aliphatic heterocycles. The van der Waals surface area contributed by atoms with Gasteiger partial charge in [-0.25, -0.2) is 4.79 Å². The molecule has 2 aliphatic rings. The van der Waals surface area contributed by atoms with Gasteiger partial charge in [0.1, 0.15) is 18.3 Å². The average molecular weight is 411 g/mol. The Bertz CT molecular complexity index is 800. The van der Waals surface area contributed by atoms with Crippen molar-refractivity contribution >= 4 is 0 Å². The SMILES string of the molecule is O=c1[nH]c(=O)n([C@@H]2O[C@H](CO)[C@@H](O)[C@H]2O)cc1CCC/C=C/CN1CCOCC1. The molecule has 0 spiro atoms. The van der Waals surface area contributed by atoms with Crippen molar-refractivity contribution in [3.05, 3.63) is 44.8 Å². The van der Waals surface area contributed by atoms with Gasteiger partial charge in [-0.1, -0.05) is 12.2 Å². The summed E-state index contributed by atoms with van der Waals surface area (Å²) >= 11 is 0. The van der Waals surface area contributed by atoms with Gasteiger partial charge < -0.3 is 24.8 Å². The molecule has 1 aromatic rings. The van der Waals surface area contributed by atoms with Gasteiger partial charge >= 0.3 is 5.69 Å². The molecule has 0 saturated carbocycles. The molecule has 4 atom stereocenters. The smallest absolute Gasteiger partial charge is 0.330 e. The van der Waals surface area contributed by atoms with Crippen LogP contribution in [0, 0.1) is 0 Å². The summed E-state index contributed by atoms with van der Waals surface area (Å²) < 4.78 is 11.8. The van der Waals surface area contributed by atoms with E-state index >= 15 is 0 Å². The monoisotopic (exact) mass is 411 g/mol. The first-order valence-corrected chi connectivity index (χ1v) is 9.93. The maximum Gasteiger partial charge on any atom is 0.330 e. The first-order valence-electron chi connectivity index (χ1n) is 9.93. The van der Waals surface area contributed by atoms with Gasteiger partial charge in [-0.2, -0.15) is 0 Å². The first kappa shape index (κ1) is 21.9. The lowest BCUT2D eigenvalue weighted by Gasteiger charge is -2.25. The summed E-state index contributed by atoms with van der Waals surface area (Å²) in [4.78, 5) is 28.8. The summed E-state index contributed by atoms with van der Waals surface area (Å²) in [6.45, 7) is 3.78. The number of hydrogen-bond acceptors (Lipinski definition) is 8. The van der Waals surface area contributed by atoms with Gasteiger partial charge in [0.05, 0.1) is 19.8 Å². The molecule has 0 unspecified atom stereocenters. The fourth-order valence-electron chi connectivity index (χ4n) is 3.54. The molecule has 10 nitrogen and oxygen atoms in total. The Labute approximate surface area is 168 Å². The highest BCUT2D eigenvalue weighted by Gasteiger charge is 2.43. The number of allylic oxidation sites excluding steroid dienone is 1. The van der Waals surface area contributed by atoms with Crippen molar-refractivity contribution in [1.82, 2.24) is 14.5 Å². The number of unbranched alkanes of at least 4 members (excludes halogenated alkanes) is 1. The molecule has 10 heteroatoms. The zero-order chi connectivity index (χ0) is 20.8. The lowest BCUT2D eigenvalue weighted by Crippen LogP contribution is -2.38. The summed E-state index contributed by atoms with van der Waals surface area (Å²) in [6.07, 6.45) is 2.64. The maximum absolute atomic E-state index is 12.1. The fourth-order valence-corrected chi connectivity index (χ4v) is 3.54. The Morgan fingerprint density at radius 2 is 1.93 bits per heavy atom. The number of aromatic amines is 1. The van der Waals surface area contributed by atoms with E-state index < -0.39 is 42.4 Å². The number of rotatable bonds is 8. The number of aliphatic hydroxyl groups is 3. The highest BCUT2D eigenvalue weighted by Crippen LogP contribution is 2.28. The van der Waals surface area contributed by atoms with E-state index in [0.717, 1.165) is 50.3 Å². The van der Waals surface area contributed by atoms with E-state index in [1.807, 2.05) is 0 Å². The summed E-state index contributed by atoms with van der Waals surface area (Å²) in [5.74, 6) is 0. The van der Waals surface area contributed by atoms with Gasteiger partial charge in [-0.05, 0) is 19.3 Å². The summed E-state index contributed by atoms with van der Waals surface area (Å²) in [5.41, 5.74) is -0.821. The normalized spacial score (nSPS) is 28.4. The van der Waals surface area contributed by atoms with Crippen LogP contribution in [0.15, 0.2) is 27.9 Å². The Hall–Kier alpha value is -1.82. The maximum atomic E-state index is 12.1. The van der Waals surface area contributed by atoms with Gasteiger partial charge in [-0.3, -0.25) is 19.2 Å². The van der Waals surface area contributed by atoms with Crippen molar-refractivity contribution in [2.45, 2.75) is 43.8 Å². The molecule has 0 radical (unpaired) electrons. The van der Waals surface area contributed by atoms with Crippen LogP contribution in [0.5, 0.6) is 0 Å². The summed E-state index contributed by atoms with van der Waals surface area (Å²) in [6, 6.07) is 0. The minimum Gasteiger partial charge on any atom is -0.394 e. The van der Waals surface area contributed by atoms with Crippen LogP contribution in [0.4, 0.5) is 0 Å². The molecular weight excluding hydrogens is 382 g/mol. The molecule has 2 fully saturated rings. The fraction of sp³-hybridized carbons (Fsp3) is 0.684. The molecule has 2 saturated heterocycles. The quantitative estimate of drug-likeness (QED) is 0.295. The Morgan fingerprint density at radius 3 is 2.62 bits per heavy atom. The van der Waals surface area contributed by atoms with Gasteiger partial charge in [-0.15, -0.1) is 0 Å². The lowest BCUT2D eigenvalue weighted by atomic mass is 10.1. The topological polar surface area (TPSA) is 137 Å². The Balaban J connectivity index is 1.57. The van der Waals surface area contributed by atoms with E-state index in [4.69, 9.17) is 9.47 Å². The van der Waals surface area contributed by atoms with E-state index in [0.29, 0.717) is 12.0 Å². The van der Waals surface area contributed by atoms with E-state index in [-0.39, 0.29) is 0 Å². The zero-order valence-electron chi connectivity index (χ0n) is 16.3. The zero-order valence-corrected chi connectivity index (χ0v) is 16.3. The summed E-state index contributed by atoms with van der Waals surface area (Å²) in [5, 5.41) is 29.2. The van der Waals surface area contributed by atoms with Gasteiger partial charge in [0, 0.05) is 31.4 Å². The molecule has 4 N–H and O–H groups in total. The third kappa shape index (κ3) is 5.41. The van der Waals surface area contributed by atoms with Crippen LogP contribution >= 0.6 is 0 Å². The van der Waals surface area contributed by atoms with Crippen LogP contribution in [0.2, 0.25) is 0 Å². The first-order chi connectivity index (χ1) is 14.0. The van der Waals surface area contributed by atoms with Crippen LogP contribution in [-0.2, 0) is 15.9 Å². The van der Waals surface area contributed by atoms with Crippen LogP contribution in [-0.4, -0.2) is 87.5 Å². The van der Waals surface area contributed by atoms with Crippen molar-refractivity contribution in [2.24, 2.45) is 0 Å². The second-order valence-corrected chi connectivity index (χ2v) is 7.33. The van der Waals surface area contributed by atoms with E-state index in [2.05, 4.69) is 22.0 Å². The van der Waals surface area contributed by atoms with Crippen LogP contribution < -0.4 is 11.2 Å². The predicted octanol–water partition coefficient (Wildman–Crippen LogP) is -1.64. The van der Waals surface area contributed by atoms with Crippen LogP contribution in [0.3, 0.4) is 0 Å². The second kappa shape index (κ2) is 10.3. The number of nitrogens with zero attached hydrogens (tertiary/aromatic N) is 2. The largest absolute Gasteiger partial charge is 0.394 e. The number of aliphatic hydroxyl groups excluding tert-OH is 3. The number of hydrogen-bond donors (Lipinski definition) is 4. The van der Waals surface area contributed by atoms with Gasteiger partial charge in [0.2, 0.25) is 0 Å². The average Bonchev–Trinajstić information content (AvgIpc) is 3.01. The third-order valence-electron chi connectivity index (χ3n) is 5.28. The molecule has 3 heterocycles. The highest BCUT2D eigenvalue weighted by atomic mass is 16.6. The van der Waals surface area contributed by atoms with Crippen molar-refractivity contribution < 1.29 is 24.8 Å². The molecule has 29 heavy (non-hydrogen) atoms. The van der Waals surface area contributed by atoms with Crippen molar-refractivity contribution in [1.29, 1.82) is 0 Å².